The molecule has 0 aliphatic carbocycles. The van der Waals surface area contributed by atoms with Crippen LogP contribution in [0.15, 0.2) is 40.9 Å². The first-order chi connectivity index (χ1) is 14.7. The molecule has 1 unspecified atom stereocenters. The average Bonchev–Trinajstić information content (AvgIpc) is 2.74. The minimum atomic E-state index is -0.689. The van der Waals surface area contributed by atoms with Crippen LogP contribution in [-0.4, -0.2) is 35.9 Å². The van der Waals surface area contributed by atoms with Gasteiger partial charge in [-0.05, 0) is 68.1 Å². The van der Waals surface area contributed by atoms with Crippen LogP contribution in [0.25, 0.3) is 0 Å². The van der Waals surface area contributed by atoms with Crippen LogP contribution in [0.2, 0.25) is 0 Å². The lowest BCUT2D eigenvalue weighted by molar-refractivity contribution is -0.142. The summed E-state index contributed by atoms with van der Waals surface area (Å²) in [7, 11) is 0. The summed E-state index contributed by atoms with van der Waals surface area (Å²) >= 11 is 3.52. The van der Waals surface area contributed by atoms with E-state index in [2.05, 4.69) is 21.2 Å². The van der Waals surface area contributed by atoms with E-state index in [4.69, 9.17) is 4.74 Å². The molecule has 7 heteroatoms. The van der Waals surface area contributed by atoms with E-state index in [0.29, 0.717) is 12.3 Å². The topological polar surface area (TPSA) is 58.6 Å². The van der Waals surface area contributed by atoms with Crippen LogP contribution in [0.1, 0.15) is 43.4 Å². The third-order valence-electron chi connectivity index (χ3n) is 5.04. The van der Waals surface area contributed by atoms with Crippen molar-refractivity contribution in [3.63, 3.8) is 0 Å². The quantitative estimate of drug-likeness (QED) is 0.479. The van der Waals surface area contributed by atoms with Crippen molar-refractivity contribution in [2.75, 3.05) is 13.2 Å². The predicted molar refractivity (Wildman–Crippen MR) is 123 cm³/mol. The van der Waals surface area contributed by atoms with Crippen LogP contribution in [0, 0.1) is 19.7 Å². The van der Waals surface area contributed by atoms with Gasteiger partial charge < -0.3 is 15.0 Å². The molecule has 0 saturated heterocycles. The van der Waals surface area contributed by atoms with Gasteiger partial charge >= 0.3 is 0 Å². The highest BCUT2D eigenvalue weighted by Crippen LogP contribution is 2.26. The van der Waals surface area contributed by atoms with Crippen molar-refractivity contribution in [1.29, 1.82) is 0 Å². The lowest BCUT2D eigenvalue weighted by atomic mass is 10.1. The number of halogens is 2. The number of amides is 2. The maximum Gasteiger partial charge on any atom is 0.261 e. The van der Waals surface area contributed by atoms with E-state index in [1.807, 2.05) is 32.9 Å². The summed E-state index contributed by atoms with van der Waals surface area (Å²) in [5, 5.41) is 2.87. The minimum Gasteiger partial charge on any atom is -0.484 e. The zero-order valence-corrected chi connectivity index (χ0v) is 20.1. The van der Waals surface area contributed by atoms with Gasteiger partial charge in [-0.25, -0.2) is 4.39 Å². The van der Waals surface area contributed by atoms with Gasteiger partial charge in [-0.3, -0.25) is 9.59 Å². The van der Waals surface area contributed by atoms with Crippen molar-refractivity contribution in [3.05, 3.63) is 63.4 Å². The van der Waals surface area contributed by atoms with Crippen LogP contribution in [0.3, 0.4) is 0 Å². The fourth-order valence-corrected chi connectivity index (χ4v) is 3.35. The molecule has 5 nitrogen and oxygen atoms in total. The van der Waals surface area contributed by atoms with Crippen molar-refractivity contribution >= 4 is 27.7 Å². The Balaban J connectivity index is 2.14. The summed E-state index contributed by atoms with van der Waals surface area (Å²) in [4.78, 5) is 27.1. The molecule has 2 aromatic carbocycles. The van der Waals surface area contributed by atoms with Gasteiger partial charge in [0, 0.05) is 17.6 Å². The number of nitrogens with one attached hydrogen (secondary N) is 1. The van der Waals surface area contributed by atoms with Crippen LogP contribution in [0.5, 0.6) is 5.75 Å². The third-order valence-corrected chi connectivity index (χ3v) is 6.29. The summed E-state index contributed by atoms with van der Waals surface area (Å²) in [6.07, 6.45) is 1.84. The summed E-state index contributed by atoms with van der Waals surface area (Å²) in [6, 6.07) is 8.93. The lowest BCUT2D eigenvalue weighted by Crippen LogP contribution is -2.49. The molecule has 0 radical (unpaired) electrons. The highest BCUT2D eigenvalue weighted by atomic mass is 79.9. The number of ether oxygens (including phenoxy) is 1. The Hall–Kier alpha value is -2.41. The number of nitrogens with zero attached hydrogens (tertiary/aromatic N) is 1. The second-order valence-electron chi connectivity index (χ2n) is 7.63. The van der Waals surface area contributed by atoms with Gasteiger partial charge in [-0.15, -0.1) is 0 Å². The Bertz CT molecular complexity index is 879. The van der Waals surface area contributed by atoms with E-state index in [1.54, 1.807) is 19.1 Å². The second-order valence-corrected chi connectivity index (χ2v) is 8.42. The van der Waals surface area contributed by atoms with Gasteiger partial charge in [-0.2, -0.15) is 0 Å². The number of aryl methyl sites for hydroxylation is 2. The molecule has 0 heterocycles. The molecule has 0 aliphatic rings. The predicted octanol–water partition coefficient (Wildman–Crippen LogP) is 4.92. The molecule has 1 atom stereocenters. The van der Waals surface area contributed by atoms with Gasteiger partial charge in [0.2, 0.25) is 5.91 Å². The van der Waals surface area contributed by atoms with Gasteiger partial charge in [-0.1, -0.05) is 41.4 Å². The van der Waals surface area contributed by atoms with Crippen molar-refractivity contribution in [2.24, 2.45) is 0 Å². The summed E-state index contributed by atoms with van der Waals surface area (Å²) in [5.41, 5.74) is 2.75. The van der Waals surface area contributed by atoms with Gasteiger partial charge in [0.1, 0.15) is 17.6 Å². The smallest absolute Gasteiger partial charge is 0.261 e. The summed E-state index contributed by atoms with van der Waals surface area (Å²) in [6.45, 7) is 8.19. The molecular formula is C24H30BrFN2O3. The molecule has 2 aromatic rings. The van der Waals surface area contributed by atoms with Gasteiger partial charge in [0.25, 0.3) is 5.91 Å². The highest BCUT2D eigenvalue weighted by molar-refractivity contribution is 9.10. The zero-order chi connectivity index (χ0) is 23.0. The Morgan fingerprint density at radius 2 is 1.77 bits per heavy atom. The second kappa shape index (κ2) is 11.8. The Morgan fingerprint density at radius 3 is 2.35 bits per heavy atom. The number of unbranched alkanes of at least 4 members (excludes halogenated alkanes) is 1. The van der Waals surface area contributed by atoms with Crippen molar-refractivity contribution in [1.82, 2.24) is 10.2 Å². The SMILES string of the molecule is CCCCNC(=O)C(C)N(Cc1ccc(F)cc1)C(=O)COc1cc(C)c(Br)c(C)c1. The van der Waals surface area contributed by atoms with E-state index in [-0.39, 0.29) is 30.8 Å². The number of carbonyl (C=O) groups is 2. The molecule has 0 aromatic heterocycles. The van der Waals surface area contributed by atoms with E-state index >= 15 is 0 Å². The van der Waals surface area contributed by atoms with E-state index in [0.717, 1.165) is 34.0 Å². The molecule has 2 rings (SSSR count). The number of benzene rings is 2. The number of carbonyl (C=O) groups excluding carboxylic acids is 2. The van der Waals surface area contributed by atoms with E-state index in [9.17, 15) is 14.0 Å². The Morgan fingerprint density at radius 1 is 1.16 bits per heavy atom. The fourth-order valence-electron chi connectivity index (χ4n) is 3.12. The van der Waals surface area contributed by atoms with Crippen LogP contribution >= 0.6 is 15.9 Å². The van der Waals surface area contributed by atoms with Crippen molar-refractivity contribution in [3.8, 4) is 5.75 Å². The lowest BCUT2D eigenvalue weighted by Gasteiger charge is -2.29. The number of rotatable bonds is 10. The molecule has 168 valence electrons. The molecule has 0 spiro atoms. The molecule has 0 fully saturated rings. The molecule has 0 aliphatic heterocycles. The van der Waals surface area contributed by atoms with Gasteiger partial charge in [0.05, 0.1) is 0 Å². The molecule has 1 N–H and O–H groups in total. The summed E-state index contributed by atoms with van der Waals surface area (Å²) in [5.74, 6) is -0.301. The van der Waals surface area contributed by atoms with Gasteiger partial charge in [0.15, 0.2) is 6.61 Å². The molecule has 2 amide bonds. The first-order valence-corrected chi connectivity index (χ1v) is 11.2. The molecule has 0 saturated carbocycles. The largest absolute Gasteiger partial charge is 0.484 e. The third kappa shape index (κ3) is 7.35. The fraction of sp³-hybridized carbons (Fsp3) is 0.417. The Kier molecular flexibility index (Phi) is 9.49. The highest BCUT2D eigenvalue weighted by Gasteiger charge is 2.26. The first kappa shape index (κ1) is 24.9. The number of hydrogen-bond donors (Lipinski definition) is 1. The van der Waals surface area contributed by atoms with Crippen LogP contribution in [-0.2, 0) is 16.1 Å². The zero-order valence-electron chi connectivity index (χ0n) is 18.5. The Labute approximate surface area is 192 Å². The normalized spacial score (nSPS) is 11.7. The average molecular weight is 493 g/mol. The number of hydrogen-bond acceptors (Lipinski definition) is 3. The molecule has 0 bridgehead atoms. The van der Waals surface area contributed by atoms with Crippen LogP contribution < -0.4 is 10.1 Å². The van der Waals surface area contributed by atoms with Crippen LogP contribution in [0.4, 0.5) is 4.39 Å². The standard InChI is InChI=1S/C24H30BrFN2O3/c1-5-6-11-27-24(30)18(4)28(14-19-7-9-20(26)10-8-19)22(29)15-31-21-12-16(2)23(25)17(3)13-21/h7-10,12-13,18H,5-6,11,14-15H2,1-4H3,(H,27,30). The van der Waals surface area contributed by atoms with Crippen molar-refractivity contribution in [2.45, 2.75) is 53.1 Å². The maximum atomic E-state index is 13.3. The monoisotopic (exact) mass is 492 g/mol. The van der Waals surface area contributed by atoms with E-state index < -0.39 is 6.04 Å². The maximum absolute atomic E-state index is 13.3. The first-order valence-electron chi connectivity index (χ1n) is 10.4. The molecule has 31 heavy (non-hydrogen) atoms. The molecular weight excluding hydrogens is 463 g/mol. The minimum absolute atomic E-state index is 0.184. The van der Waals surface area contributed by atoms with E-state index in [1.165, 1.54) is 17.0 Å². The van der Waals surface area contributed by atoms with Crippen molar-refractivity contribution < 1.29 is 18.7 Å². The summed E-state index contributed by atoms with van der Waals surface area (Å²) < 4.78 is 20.0.